The maximum Gasteiger partial charge on any atom is 0.0300 e. The molecule has 96 valence electrons. The van der Waals surface area contributed by atoms with Crippen LogP contribution in [0.5, 0.6) is 0 Å². The summed E-state index contributed by atoms with van der Waals surface area (Å²) in [6, 6.07) is 6.29. The molecule has 0 radical (unpaired) electrons. The minimum Gasteiger partial charge on any atom is -0.354 e. The predicted molar refractivity (Wildman–Crippen MR) is 74.4 cm³/mol. The van der Waals surface area contributed by atoms with E-state index in [9.17, 15) is 0 Å². The van der Waals surface area contributed by atoms with Gasteiger partial charge in [0.25, 0.3) is 0 Å². The highest BCUT2D eigenvalue weighted by Gasteiger charge is 1.96. The summed E-state index contributed by atoms with van der Waals surface area (Å²) in [6.07, 6.45) is 10.3. The van der Waals surface area contributed by atoms with Crippen LogP contribution in [0.2, 0.25) is 0 Å². The number of nitrogens with one attached hydrogen (secondary N) is 1. The summed E-state index contributed by atoms with van der Waals surface area (Å²) in [5.41, 5.74) is 2.64. The number of aryl methyl sites for hydroxylation is 1. The second kappa shape index (κ2) is 6.97. The van der Waals surface area contributed by atoms with Crippen LogP contribution in [0.3, 0.4) is 0 Å². The van der Waals surface area contributed by atoms with Gasteiger partial charge < -0.3 is 9.88 Å². The van der Waals surface area contributed by atoms with Crippen molar-refractivity contribution in [2.24, 2.45) is 0 Å². The summed E-state index contributed by atoms with van der Waals surface area (Å²) in [7, 11) is 0. The van der Waals surface area contributed by atoms with Gasteiger partial charge in [0.1, 0.15) is 0 Å². The Labute approximate surface area is 109 Å². The van der Waals surface area contributed by atoms with Crippen LogP contribution in [0, 0.1) is 0 Å². The zero-order valence-corrected chi connectivity index (χ0v) is 11.0. The predicted octanol–water partition coefficient (Wildman–Crippen LogP) is 2.63. The molecular weight excluding hydrogens is 222 g/mol. The van der Waals surface area contributed by atoms with Crippen LogP contribution >= 0.6 is 0 Å². The van der Waals surface area contributed by atoms with Crippen LogP contribution in [-0.4, -0.2) is 16.1 Å². The van der Waals surface area contributed by atoms with Gasteiger partial charge in [0.15, 0.2) is 0 Å². The average molecular weight is 243 g/mol. The third-order valence-electron chi connectivity index (χ3n) is 2.94. The first-order valence-electron chi connectivity index (χ1n) is 6.63. The number of nitrogens with zero attached hydrogens (tertiary/aromatic N) is 2. The highest BCUT2D eigenvalue weighted by molar-refractivity contribution is 5.11. The van der Waals surface area contributed by atoms with Crippen molar-refractivity contribution < 1.29 is 0 Å². The molecule has 2 aromatic heterocycles. The smallest absolute Gasteiger partial charge is 0.0300 e. The molecule has 0 unspecified atom stereocenters. The van der Waals surface area contributed by atoms with Crippen molar-refractivity contribution in [3.05, 3.63) is 54.1 Å². The largest absolute Gasteiger partial charge is 0.354 e. The van der Waals surface area contributed by atoms with Gasteiger partial charge in [-0.25, -0.2) is 0 Å². The fourth-order valence-corrected chi connectivity index (χ4v) is 2.00. The lowest BCUT2D eigenvalue weighted by Crippen LogP contribution is -2.16. The maximum atomic E-state index is 4.11. The van der Waals surface area contributed by atoms with Crippen LogP contribution in [0.1, 0.15) is 24.5 Å². The van der Waals surface area contributed by atoms with Gasteiger partial charge >= 0.3 is 0 Å². The van der Waals surface area contributed by atoms with E-state index in [1.165, 1.54) is 17.5 Å². The Hall–Kier alpha value is -1.61. The molecule has 0 amide bonds. The molecule has 2 rings (SSSR count). The van der Waals surface area contributed by atoms with Crippen LogP contribution in [0.4, 0.5) is 0 Å². The fourth-order valence-electron chi connectivity index (χ4n) is 2.00. The average Bonchev–Trinajstić information content (AvgIpc) is 2.84. The molecule has 0 bridgehead atoms. The Kier molecular flexibility index (Phi) is 4.97. The van der Waals surface area contributed by atoms with Gasteiger partial charge in [0.2, 0.25) is 0 Å². The second-order valence-electron chi connectivity index (χ2n) is 4.55. The molecule has 0 spiro atoms. The van der Waals surface area contributed by atoms with E-state index in [2.05, 4.69) is 46.3 Å². The van der Waals surface area contributed by atoms with E-state index in [0.717, 1.165) is 26.1 Å². The van der Waals surface area contributed by atoms with Crippen LogP contribution in [-0.2, 0) is 19.5 Å². The fraction of sp³-hybridized carbons (Fsp3) is 0.400. The quantitative estimate of drug-likeness (QED) is 0.758. The zero-order chi connectivity index (χ0) is 12.6. The molecule has 0 saturated carbocycles. The molecule has 0 saturated heterocycles. The zero-order valence-electron chi connectivity index (χ0n) is 11.0. The summed E-state index contributed by atoms with van der Waals surface area (Å²) >= 11 is 0. The highest BCUT2D eigenvalue weighted by atomic mass is 14.9. The van der Waals surface area contributed by atoms with Crippen molar-refractivity contribution in [1.82, 2.24) is 14.9 Å². The molecule has 2 aromatic rings. The molecule has 1 N–H and O–H groups in total. The number of rotatable bonds is 7. The first kappa shape index (κ1) is 12.8. The molecule has 0 aliphatic heterocycles. The minimum atomic E-state index is 0.941. The van der Waals surface area contributed by atoms with Gasteiger partial charge in [-0.05, 0) is 42.6 Å². The Morgan fingerprint density at radius 1 is 1.28 bits per heavy atom. The summed E-state index contributed by atoms with van der Waals surface area (Å²) in [6.45, 7) is 5.24. The van der Waals surface area contributed by atoms with Gasteiger partial charge in [-0.2, -0.15) is 0 Å². The molecule has 0 atom stereocenters. The monoisotopic (exact) mass is 243 g/mol. The topological polar surface area (TPSA) is 29.9 Å². The lowest BCUT2D eigenvalue weighted by atomic mass is 10.2. The summed E-state index contributed by atoms with van der Waals surface area (Å²) < 4.78 is 2.25. The van der Waals surface area contributed by atoms with Gasteiger partial charge in [0, 0.05) is 37.9 Å². The van der Waals surface area contributed by atoms with Crippen molar-refractivity contribution in [3.8, 4) is 0 Å². The molecule has 3 nitrogen and oxygen atoms in total. The van der Waals surface area contributed by atoms with E-state index in [-0.39, 0.29) is 0 Å². The first-order valence-corrected chi connectivity index (χ1v) is 6.63. The molecule has 2 heterocycles. The Morgan fingerprint density at radius 2 is 2.22 bits per heavy atom. The third-order valence-corrected chi connectivity index (χ3v) is 2.94. The Bertz CT molecular complexity index is 448. The summed E-state index contributed by atoms with van der Waals surface area (Å²) in [5, 5.41) is 3.46. The van der Waals surface area contributed by atoms with Crippen molar-refractivity contribution in [2.45, 2.75) is 32.9 Å². The van der Waals surface area contributed by atoms with Gasteiger partial charge in [-0.3, -0.25) is 4.98 Å². The minimum absolute atomic E-state index is 0.941. The van der Waals surface area contributed by atoms with Gasteiger partial charge in [-0.1, -0.05) is 13.0 Å². The highest BCUT2D eigenvalue weighted by Crippen LogP contribution is 2.02. The van der Waals surface area contributed by atoms with E-state index in [1.807, 2.05) is 18.5 Å². The molecule has 3 heteroatoms. The summed E-state index contributed by atoms with van der Waals surface area (Å²) in [4.78, 5) is 4.11. The van der Waals surface area contributed by atoms with Crippen molar-refractivity contribution in [1.29, 1.82) is 0 Å². The van der Waals surface area contributed by atoms with Gasteiger partial charge in [-0.15, -0.1) is 0 Å². The van der Waals surface area contributed by atoms with E-state index in [0.29, 0.717) is 0 Å². The van der Waals surface area contributed by atoms with E-state index in [1.54, 1.807) is 0 Å². The number of aromatic nitrogens is 2. The lowest BCUT2D eigenvalue weighted by Gasteiger charge is -2.03. The van der Waals surface area contributed by atoms with Crippen LogP contribution in [0.25, 0.3) is 0 Å². The van der Waals surface area contributed by atoms with Crippen molar-refractivity contribution in [3.63, 3.8) is 0 Å². The first-order chi connectivity index (χ1) is 8.88. The summed E-state index contributed by atoms with van der Waals surface area (Å²) in [5.74, 6) is 0. The molecule has 0 fully saturated rings. The molecule has 0 aliphatic rings. The molecule has 18 heavy (non-hydrogen) atoms. The van der Waals surface area contributed by atoms with Crippen molar-refractivity contribution >= 4 is 0 Å². The third kappa shape index (κ3) is 4.00. The molecule has 0 aliphatic carbocycles. The Morgan fingerprint density at radius 3 is 3.00 bits per heavy atom. The van der Waals surface area contributed by atoms with Crippen LogP contribution in [0.15, 0.2) is 43.0 Å². The molecular formula is C15H21N3. The Balaban J connectivity index is 1.68. The number of pyridine rings is 1. The number of hydrogen-bond acceptors (Lipinski definition) is 2. The van der Waals surface area contributed by atoms with Crippen molar-refractivity contribution in [2.75, 3.05) is 6.54 Å². The molecule has 0 aromatic carbocycles. The number of hydrogen-bond donors (Lipinski definition) is 1. The van der Waals surface area contributed by atoms with E-state index >= 15 is 0 Å². The lowest BCUT2D eigenvalue weighted by molar-refractivity contribution is 0.666. The van der Waals surface area contributed by atoms with E-state index in [4.69, 9.17) is 0 Å². The standard InChI is InChI=1S/C15H21N3/c1-2-9-18-10-6-15(13-18)12-17-8-5-14-4-3-7-16-11-14/h3-4,6-7,10-11,13,17H,2,5,8-9,12H2,1H3. The van der Waals surface area contributed by atoms with Gasteiger partial charge in [0.05, 0.1) is 0 Å². The normalized spacial score (nSPS) is 10.7. The van der Waals surface area contributed by atoms with E-state index < -0.39 is 0 Å². The maximum absolute atomic E-state index is 4.11. The van der Waals surface area contributed by atoms with Crippen LogP contribution < -0.4 is 5.32 Å². The SMILES string of the molecule is CCCn1ccc(CNCCc2cccnc2)c1. The second-order valence-corrected chi connectivity index (χ2v) is 4.55.